The highest BCUT2D eigenvalue weighted by atomic mass is 35.5. The molecule has 7 nitrogen and oxygen atoms in total. The van der Waals surface area contributed by atoms with Gasteiger partial charge in [-0.25, -0.2) is 8.42 Å². The molecule has 39 heavy (non-hydrogen) atoms. The average molecular weight is 570 g/mol. The molecule has 0 aromatic heterocycles. The summed E-state index contributed by atoms with van der Waals surface area (Å²) >= 11 is 6.05. The van der Waals surface area contributed by atoms with Gasteiger partial charge in [0.2, 0.25) is 11.8 Å². The van der Waals surface area contributed by atoms with Gasteiger partial charge in [-0.2, -0.15) is 0 Å². The summed E-state index contributed by atoms with van der Waals surface area (Å²) in [5, 5.41) is 3.39. The molecule has 3 rings (SSSR count). The fraction of sp³-hybridized carbons (Fsp3) is 0.333. The predicted molar refractivity (Wildman–Crippen MR) is 156 cm³/mol. The molecule has 208 valence electrons. The third-order valence-corrected chi connectivity index (χ3v) is 8.54. The van der Waals surface area contributed by atoms with E-state index in [1.807, 2.05) is 32.9 Å². The van der Waals surface area contributed by atoms with Gasteiger partial charge in [-0.05, 0) is 68.1 Å². The Hall–Kier alpha value is -3.36. The van der Waals surface area contributed by atoms with Crippen molar-refractivity contribution in [2.45, 2.75) is 58.0 Å². The lowest BCUT2D eigenvalue weighted by molar-refractivity contribution is -0.139. The van der Waals surface area contributed by atoms with Crippen molar-refractivity contribution in [3.8, 4) is 0 Å². The lowest BCUT2D eigenvalue weighted by Gasteiger charge is -2.32. The SMILES string of the molecule is CCCNC(=O)C(C)N(Cc1ccc(Cl)cc1)C(=O)CN(c1ccccc1CC)S(=O)(=O)c1ccc(C)cc1. The van der Waals surface area contributed by atoms with Gasteiger partial charge in [0.05, 0.1) is 10.6 Å². The summed E-state index contributed by atoms with van der Waals surface area (Å²) in [4.78, 5) is 28.4. The fourth-order valence-electron chi connectivity index (χ4n) is 4.17. The molecule has 3 aromatic carbocycles. The molecule has 0 bridgehead atoms. The second kappa shape index (κ2) is 13.6. The number of hydrogen-bond acceptors (Lipinski definition) is 4. The van der Waals surface area contributed by atoms with Crippen molar-refractivity contribution in [1.29, 1.82) is 0 Å². The molecule has 0 heterocycles. The summed E-state index contributed by atoms with van der Waals surface area (Å²) in [5.74, 6) is -0.799. The molecule has 0 spiro atoms. The molecule has 9 heteroatoms. The quantitative estimate of drug-likeness (QED) is 0.318. The second-order valence-electron chi connectivity index (χ2n) is 9.42. The third-order valence-electron chi connectivity index (χ3n) is 6.51. The van der Waals surface area contributed by atoms with Crippen LogP contribution < -0.4 is 9.62 Å². The van der Waals surface area contributed by atoms with Crippen LogP contribution in [0.3, 0.4) is 0 Å². The van der Waals surface area contributed by atoms with Gasteiger partial charge >= 0.3 is 0 Å². The third kappa shape index (κ3) is 7.61. The number of anilines is 1. The van der Waals surface area contributed by atoms with Crippen LogP contribution in [0.5, 0.6) is 0 Å². The van der Waals surface area contributed by atoms with Crippen molar-refractivity contribution < 1.29 is 18.0 Å². The van der Waals surface area contributed by atoms with Crippen molar-refractivity contribution >= 4 is 39.1 Å². The Kier molecular flexibility index (Phi) is 10.5. The van der Waals surface area contributed by atoms with Crippen LogP contribution in [-0.4, -0.2) is 44.3 Å². The van der Waals surface area contributed by atoms with Crippen LogP contribution in [0.15, 0.2) is 77.7 Å². The zero-order valence-corrected chi connectivity index (χ0v) is 24.4. The minimum Gasteiger partial charge on any atom is -0.354 e. The van der Waals surface area contributed by atoms with Crippen LogP contribution in [-0.2, 0) is 32.6 Å². The number of carbonyl (C=O) groups excluding carboxylic acids is 2. The first kappa shape index (κ1) is 30.2. The van der Waals surface area contributed by atoms with E-state index in [4.69, 9.17) is 11.6 Å². The fourth-order valence-corrected chi connectivity index (χ4v) is 5.75. The Morgan fingerprint density at radius 3 is 2.21 bits per heavy atom. The minimum atomic E-state index is -4.10. The van der Waals surface area contributed by atoms with E-state index < -0.39 is 28.5 Å². The monoisotopic (exact) mass is 569 g/mol. The molecule has 0 aliphatic heterocycles. The molecule has 3 aromatic rings. The molecule has 0 aliphatic rings. The number of para-hydroxylation sites is 1. The van der Waals surface area contributed by atoms with Crippen LogP contribution in [0.25, 0.3) is 0 Å². The molecule has 1 unspecified atom stereocenters. The van der Waals surface area contributed by atoms with Crippen molar-refractivity contribution in [3.63, 3.8) is 0 Å². The minimum absolute atomic E-state index is 0.0878. The number of nitrogens with one attached hydrogen (secondary N) is 1. The molecule has 1 N–H and O–H groups in total. The van der Waals surface area contributed by atoms with Gasteiger partial charge in [-0.1, -0.05) is 73.5 Å². The molecule has 1 atom stereocenters. The van der Waals surface area contributed by atoms with Crippen molar-refractivity contribution in [3.05, 3.63) is 94.5 Å². The normalized spacial score (nSPS) is 12.0. The number of halogens is 1. The largest absolute Gasteiger partial charge is 0.354 e. The highest BCUT2D eigenvalue weighted by Gasteiger charge is 2.33. The zero-order chi connectivity index (χ0) is 28.6. The lowest BCUT2D eigenvalue weighted by Crippen LogP contribution is -2.51. The van der Waals surface area contributed by atoms with Gasteiger partial charge in [0, 0.05) is 18.1 Å². The smallest absolute Gasteiger partial charge is 0.264 e. The maximum absolute atomic E-state index is 14.0. The zero-order valence-electron chi connectivity index (χ0n) is 22.9. The van der Waals surface area contributed by atoms with Crippen LogP contribution in [0.2, 0.25) is 5.02 Å². The summed E-state index contributed by atoms with van der Waals surface area (Å²) in [6.07, 6.45) is 1.33. The second-order valence-corrected chi connectivity index (χ2v) is 11.7. The van der Waals surface area contributed by atoms with E-state index in [0.29, 0.717) is 23.7 Å². The van der Waals surface area contributed by atoms with E-state index in [1.165, 1.54) is 4.90 Å². The Morgan fingerprint density at radius 1 is 0.949 bits per heavy atom. The highest BCUT2D eigenvalue weighted by molar-refractivity contribution is 7.92. The molecular weight excluding hydrogens is 534 g/mol. The molecule has 0 radical (unpaired) electrons. The van der Waals surface area contributed by atoms with Gasteiger partial charge in [0.1, 0.15) is 12.6 Å². The number of nitrogens with zero attached hydrogens (tertiary/aromatic N) is 2. The number of sulfonamides is 1. The van der Waals surface area contributed by atoms with Gasteiger partial charge < -0.3 is 10.2 Å². The lowest BCUT2D eigenvalue weighted by atomic mass is 10.1. The van der Waals surface area contributed by atoms with E-state index in [2.05, 4.69) is 5.32 Å². The molecule has 0 saturated carbocycles. The van der Waals surface area contributed by atoms with E-state index in [1.54, 1.807) is 67.6 Å². The predicted octanol–water partition coefficient (Wildman–Crippen LogP) is 5.35. The first-order chi connectivity index (χ1) is 18.6. The summed E-state index contributed by atoms with van der Waals surface area (Å²) < 4.78 is 29.1. The van der Waals surface area contributed by atoms with E-state index >= 15 is 0 Å². The number of benzene rings is 3. The van der Waals surface area contributed by atoms with E-state index in [0.717, 1.165) is 27.4 Å². The van der Waals surface area contributed by atoms with Crippen molar-refractivity contribution in [1.82, 2.24) is 10.2 Å². The Labute approximate surface area is 236 Å². The summed E-state index contributed by atoms with van der Waals surface area (Å²) in [7, 11) is -4.10. The number of aryl methyl sites for hydroxylation is 2. The van der Waals surface area contributed by atoms with Gasteiger partial charge in [-0.15, -0.1) is 0 Å². The Bertz CT molecular complexity index is 1380. The van der Waals surface area contributed by atoms with Gasteiger partial charge in [0.25, 0.3) is 10.0 Å². The highest BCUT2D eigenvalue weighted by Crippen LogP contribution is 2.28. The maximum Gasteiger partial charge on any atom is 0.264 e. The number of carbonyl (C=O) groups is 2. The molecule has 0 saturated heterocycles. The Morgan fingerprint density at radius 2 is 1.59 bits per heavy atom. The summed E-state index contributed by atoms with van der Waals surface area (Å²) in [6, 6.07) is 19.9. The first-order valence-corrected chi connectivity index (χ1v) is 14.9. The van der Waals surface area contributed by atoms with Crippen LogP contribution in [0, 0.1) is 6.92 Å². The molecular formula is C30H36ClN3O4S. The van der Waals surface area contributed by atoms with Crippen LogP contribution in [0.1, 0.15) is 43.9 Å². The Balaban J connectivity index is 2.05. The van der Waals surface area contributed by atoms with Crippen LogP contribution >= 0.6 is 11.6 Å². The van der Waals surface area contributed by atoms with Gasteiger partial charge in [-0.3, -0.25) is 13.9 Å². The first-order valence-electron chi connectivity index (χ1n) is 13.1. The van der Waals surface area contributed by atoms with E-state index in [-0.39, 0.29) is 17.3 Å². The molecule has 2 amide bonds. The molecule has 0 fully saturated rings. The number of hydrogen-bond donors (Lipinski definition) is 1. The summed E-state index contributed by atoms with van der Waals surface area (Å²) in [6.45, 7) is 7.53. The summed E-state index contributed by atoms with van der Waals surface area (Å²) in [5.41, 5.74) is 2.92. The van der Waals surface area contributed by atoms with Crippen molar-refractivity contribution in [2.24, 2.45) is 0 Å². The number of rotatable bonds is 12. The standard InChI is InChI=1S/C30H36ClN3O4S/c1-5-19-32-30(36)23(4)33(20-24-13-15-26(31)16-14-24)29(35)21-34(28-10-8-7-9-25(28)6-2)39(37,38)27-17-11-22(3)12-18-27/h7-18,23H,5-6,19-21H2,1-4H3,(H,32,36). The van der Waals surface area contributed by atoms with Crippen LogP contribution in [0.4, 0.5) is 5.69 Å². The van der Waals surface area contributed by atoms with E-state index in [9.17, 15) is 18.0 Å². The van der Waals surface area contributed by atoms with Gasteiger partial charge in [0.15, 0.2) is 0 Å². The average Bonchev–Trinajstić information content (AvgIpc) is 2.93. The topological polar surface area (TPSA) is 86.8 Å². The number of amides is 2. The van der Waals surface area contributed by atoms with Crippen molar-refractivity contribution in [2.75, 3.05) is 17.4 Å². The molecule has 0 aliphatic carbocycles. The maximum atomic E-state index is 14.0.